The summed E-state index contributed by atoms with van der Waals surface area (Å²) in [4.78, 5) is 14.8. The van der Waals surface area contributed by atoms with Gasteiger partial charge in [-0.1, -0.05) is 30.9 Å². The van der Waals surface area contributed by atoms with Gasteiger partial charge in [0.05, 0.1) is 11.4 Å². The lowest BCUT2D eigenvalue weighted by molar-refractivity contribution is -0.164. The molecule has 0 bridgehead atoms. The number of piperidine rings is 1. The molecule has 0 saturated carbocycles. The van der Waals surface area contributed by atoms with E-state index in [2.05, 4.69) is 40.3 Å². The van der Waals surface area contributed by atoms with Gasteiger partial charge in [0.15, 0.2) is 0 Å². The highest BCUT2D eigenvalue weighted by Crippen LogP contribution is 2.40. The van der Waals surface area contributed by atoms with E-state index in [0.29, 0.717) is 5.06 Å². The van der Waals surface area contributed by atoms with Crippen LogP contribution < -0.4 is 10.6 Å². The zero-order valence-electron chi connectivity index (χ0n) is 16.0. The van der Waals surface area contributed by atoms with Gasteiger partial charge < -0.3 is 10.6 Å². The average Bonchev–Trinajstić information content (AvgIpc) is 3.43. The molecule has 27 heavy (non-hydrogen) atoms. The van der Waals surface area contributed by atoms with E-state index < -0.39 is 6.04 Å². The molecular weight excluding hydrogens is 340 g/mol. The number of nitrogens with zero attached hydrogens (tertiary/aromatic N) is 2. The van der Waals surface area contributed by atoms with Crippen molar-refractivity contribution in [1.29, 1.82) is 0 Å². The first kappa shape index (κ1) is 19.2. The Kier molecular flexibility index (Phi) is 5.98. The van der Waals surface area contributed by atoms with E-state index in [1.54, 1.807) is 6.08 Å². The highest BCUT2D eigenvalue weighted by molar-refractivity contribution is 5.92. The van der Waals surface area contributed by atoms with Crippen LogP contribution in [0.3, 0.4) is 0 Å². The summed E-state index contributed by atoms with van der Waals surface area (Å²) >= 11 is 0. The van der Waals surface area contributed by atoms with Crippen LogP contribution in [0, 0.1) is 0 Å². The van der Waals surface area contributed by atoms with E-state index in [4.69, 9.17) is 0 Å². The van der Waals surface area contributed by atoms with Crippen LogP contribution in [0.1, 0.15) is 19.8 Å². The summed E-state index contributed by atoms with van der Waals surface area (Å²) in [6, 6.07) is 5.94. The fourth-order valence-electron chi connectivity index (χ4n) is 3.58. The van der Waals surface area contributed by atoms with Gasteiger partial charge in [0, 0.05) is 25.3 Å². The molecule has 3 N–H and O–H groups in total. The van der Waals surface area contributed by atoms with Crippen molar-refractivity contribution in [2.75, 3.05) is 30.8 Å². The van der Waals surface area contributed by atoms with Crippen molar-refractivity contribution in [3.8, 4) is 0 Å². The van der Waals surface area contributed by atoms with Crippen LogP contribution in [0.5, 0.6) is 0 Å². The number of carbonyl (C=O) groups is 1. The molecule has 1 aromatic rings. The van der Waals surface area contributed by atoms with Crippen molar-refractivity contribution in [1.82, 2.24) is 9.96 Å². The predicted octanol–water partition coefficient (Wildman–Crippen LogP) is 3.52. The largest absolute Gasteiger partial charge is 0.381 e. The number of hydroxylamine groups is 2. The van der Waals surface area contributed by atoms with E-state index in [9.17, 15) is 10.0 Å². The minimum Gasteiger partial charge on any atom is -0.381 e. The van der Waals surface area contributed by atoms with E-state index in [1.165, 1.54) is 18.4 Å². The SMILES string of the molecule is C=C/C(=C\C=C/C)C(C(=O)N(C)O)N1CCCC(Nc2ccc3c(c2)N3)C1. The number of likely N-dealkylation sites (N-methyl/N-ethyl adjacent to an activating group) is 1. The van der Waals surface area contributed by atoms with Crippen LogP contribution >= 0.6 is 0 Å². The minimum absolute atomic E-state index is 0.239. The Bertz CT molecular complexity index is 769. The zero-order chi connectivity index (χ0) is 19.4. The maximum absolute atomic E-state index is 12.7. The topological polar surface area (TPSA) is 77.8 Å². The van der Waals surface area contributed by atoms with Gasteiger partial charge in [-0.05, 0) is 50.1 Å². The summed E-state index contributed by atoms with van der Waals surface area (Å²) < 4.78 is 0. The standard InChI is InChI=1S/C21H28N4O2/c1-4-6-8-15(5-2)20(21(26)24(3)27)25-12-7-9-17(14-25)22-16-10-11-18-19(13-16)23-18/h4-6,8,10-11,13,17,20,22-23,27H,2,7,9,12,14H2,1,3H3/b6-4-,15-8+. The monoisotopic (exact) mass is 368 g/mol. The molecular formula is C21H28N4O2. The fraction of sp³-hybridized carbons (Fsp3) is 0.381. The molecule has 6 nitrogen and oxygen atoms in total. The maximum Gasteiger partial charge on any atom is 0.267 e. The molecule has 2 atom stereocenters. The first-order valence-electron chi connectivity index (χ1n) is 9.37. The molecule has 1 amide bonds. The Hall–Kier alpha value is -2.57. The summed E-state index contributed by atoms with van der Waals surface area (Å²) in [5.41, 5.74) is 4.23. The third-order valence-corrected chi connectivity index (χ3v) is 5.00. The number of hydrogen-bond donors (Lipinski definition) is 3. The third kappa shape index (κ3) is 4.59. The maximum atomic E-state index is 12.7. The fourth-order valence-corrected chi connectivity index (χ4v) is 3.58. The summed E-state index contributed by atoms with van der Waals surface area (Å²) in [6.45, 7) is 7.31. The Morgan fingerprint density at radius 3 is 2.96 bits per heavy atom. The van der Waals surface area contributed by atoms with Gasteiger partial charge in [-0.25, -0.2) is 5.06 Å². The number of benzene rings is 1. The van der Waals surface area contributed by atoms with Gasteiger partial charge >= 0.3 is 0 Å². The smallest absolute Gasteiger partial charge is 0.267 e. The van der Waals surface area contributed by atoms with Crippen molar-refractivity contribution in [3.63, 3.8) is 0 Å². The Balaban J connectivity index is 1.76. The number of fused-ring (bicyclic) bond motifs is 1. The molecule has 1 fully saturated rings. The second-order valence-corrected chi connectivity index (χ2v) is 7.02. The Labute approximate surface area is 160 Å². The lowest BCUT2D eigenvalue weighted by Crippen LogP contribution is -2.53. The number of allylic oxidation sites excluding steroid dienone is 3. The first-order chi connectivity index (χ1) is 13.0. The van der Waals surface area contributed by atoms with Gasteiger partial charge in [-0.3, -0.25) is 14.9 Å². The summed E-state index contributed by atoms with van der Waals surface area (Å²) in [5, 5.41) is 17.2. The van der Waals surface area contributed by atoms with Crippen LogP contribution in [-0.4, -0.2) is 53.3 Å². The van der Waals surface area contributed by atoms with Gasteiger partial charge in [0.2, 0.25) is 0 Å². The van der Waals surface area contributed by atoms with E-state index in [1.807, 2.05) is 25.2 Å². The van der Waals surface area contributed by atoms with Crippen molar-refractivity contribution in [2.24, 2.45) is 0 Å². The highest BCUT2D eigenvalue weighted by Gasteiger charge is 2.33. The molecule has 1 aromatic carbocycles. The van der Waals surface area contributed by atoms with Crippen molar-refractivity contribution >= 4 is 23.0 Å². The summed E-state index contributed by atoms with van der Waals surface area (Å²) in [7, 11) is 1.37. The van der Waals surface area contributed by atoms with Crippen LogP contribution in [0.15, 0.2) is 54.7 Å². The molecule has 0 radical (unpaired) electrons. The van der Waals surface area contributed by atoms with E-state index >= 15 is 0 Å². The molecule has 1 saturated heterocycles. The molecule has 2 heterocycles. The second kappa shape index (κ2) is 8.41. The molecule has 3 rings (SSSR count). The normalized spacial score (nSPS) is 20.6. The quantitative estimate of drug-likeness (QED) is 0.302. The van der Waals surface area contributed by atoms with E-state index in [-0.39, 0.29) is 11.9 Å². The molecule has 0 aliphatic carbocycles. The average molecular weight is 368 g/mol. The molecule has 6 heteroatoms. The molecule has 2 aliphatic rings. The number of hydrogen-bond acceptors (Lipinski definition) is 5. The number of anilines is 3. The third-order valence-electron chi connectivity index (χ3n) is 5.00. The van der Waals surface area contributed by atoms with Crippen LogP contribution in [0.25, 0.3) is 0 Å². The molecule has 0 spiro atoms. The lowest BCUT2D eigenvalue weighted by atomic mass is 9.98. The lowest BCUT2D eigenvalue weighted by Gasteiger charge is -2.39. The van der Waals surface area contributed by atoms with Crippen LogP contribution in [0.4, 0.5) is 17.1 Å². The van der Waals surface area contributed by atoms with Crippen LogP contribution in [-0.2, 0) is 4.79 Å². The van der Waals surface area contributed by atoms with Crippen molar-refractivity contribution in [3.05, 3.63) is 54.7 Å². The van der Waals surface area contributed by atoms with Crippen LogP contribution in [0.2, 0.25) is 0 Å². The second-order valence-electron chi connectivity index (χ2n) is 7.02. The van der Waals surface area contributed by atoms with Gasteiger partial charge in [0.1, 0.15) is 6.04 Å². The molecule has 2 unspecified atom stereocenters. The highest BCUT2D eigenvalue weighted by atomic mass is 16.5. The number of amides is 1. The Morgan fingerprint density at radius 1 is 1.48 bits per heavy atom. The predicted molar refractivity (Wildman–Crippen MR) is 109 cm³/mol. The van der Waals surface area contributed by atoms with E-state index in [0.717, 1.165) is 37.2 Å². The number of rotatable bonds is 7. The molecule has 144 valence electrons. The van der Waals surface area contributed by atoms with Gasteiger partial charge in [-0.2, -0.15) is 0 Å². The minimum atomic E-state index is -0.548. The number of nitrogens with one attached hydrogen (secondary N) is 2. The summed E-state index contributed by atoms with van der Waals surface area (Å²) in [5.74, 6) is -0.347. The summed E-state index contributed by atoms with van der Waals surface area (Å²) in [6.07, 6.45) is 9.40. The molecule has 0 aromatic heterocycles. The molecule has 2 aliphatic heterocycles. The Morgan fingerprint density at radius 2 is 2.30 bits per heavy atom. The number of likely N-dealkylation sites (tertiary alicyclic amines) is 1. The first-order valence-corrected chi connectivity index (χ1v) is 9.37. The van der Waals surface area contributed by atoms with Gasteiger partial charge in [0.25, 0.3) is 5.91 Å². The van der Waals surface area contributed by atoms with Crippen molar-refractivity contribution in [2.45, 2.75) is 31.8 Å². The zero-order valence-corrected chi connectivity index (χ0v) is 16.0. The van der Waals surface area contributed by atoms with Gasteiger partial charge in [-0.15, -0.1) is 0 Å². The van der Waals surface area contributed by atoms with Crippen molar-refractivity contribution < 1.29 is 10.0 Å². The number of carbonyl (C=O) groups excluding carboxylic acids is 1.